The average molecular weight is 241 g/mol. The maximum atomic E-state index is 4.53. The number of nitrogens with zero attached hydrogens (tertiary/aromatic N) is 1. The Morgan fingerprint density at radius 3 is 2.13 bits per heavy atom. The molecule has 0 N–H and O–H groups in total. The zero-order chi connectivity index (χ0) is 11.4. The molecular weight excluding hydrogens is 222 g/mol. The number of aryl methyl sites for hydroxylation is 1. The smallest absolute Gasteiger partial charge is 0.0976 e. The van der Waals surface area contributed by atoms with Gasteiger partial charge in [-0.3, -0.25) is 0 Å². The van der Waals surface area contributed by atoms with Crippen molar-refractivity contribution in [2.75, 3.05) is 0 Å². The monoisotopic (exact) mass is 241 g/mol. The van der Waals surface area contributed by atoms with Crippen molar-refractivity contribution < 1.29 is 0 Å². The standard InChI is InChI=1S/C12H19NS2/c1-8(2)14-11-6-10(5)13-12(7-11)15-9(3)4/h6-9H,1-5H3. The van der Waals surface area contributed by atoms with Crippen LogP contribution < -0.4 is 0 Å². The topological polar surface area (TPSA) is 12.9 Å². The molecule has 15 heavy (non-hydrogen) atoms. The Bertz CT molecular complexity index is 293. The summed E-state index contributed by atoms with van der Waals surface area (Å²) < 4.78 is 0. The van der Waals surface area contributed by atoms with Crippen LogP contribution in [0.2, 0.25) is 0 Å². The zero-order valence-electron chi connectivity index (χ0n) is 10.1. The summed E-state index contributed by atoms with van der Waals surface area (Å²) in [6.07, 6.45) is 0. The highest BCUT2D eigenvalue weighted by molar-refractivity contribution is 8.00. The molecule has 1 rings (SSSR count). The van der Waals surface area contributed by atoms with Crippen molar-refractivity contribution in [1.29, 1.82) is 0 Å². The van der Waals surface area contributed by atoms with Crippen LogP contribution in [0, 0.1) is 6.92 Å². The first-order chi connectivity index (χ1) is 6.97. The summed E-state index contributed by atoms with van der Waals surface area (Å²) in [4.78, 5) is 5.86. The number of rotatable bonds is 4. The van der Waals surface area contributed by atoms with Crippen LogP contribution in [-0.4, -0.2) is 15.5 Å². The molecular formula is C12H19NS2. The minimum Gasteiger partial charge on any atom is -0.247 e. The predicted molar refractivity (Wildman–Crippen MR) is 71.0 cm³/mol. The van der Waals surface area contributed by atoms with Crippen molar-refractivity contribution in [1.82, 2.24) is 4.98 Å². The quantitative estimate of drug-likeness (QED) is 0.726. The molecule has 0 aliphatic heterocycles. The van der Waals surface area contributed by atoms with Crippen LogP contribution in [0.4, 0.5) is 0 Å². The van der Waals surface area contributed by atoms with Crippen molar-refractivity contribution in [2.45, 2.75) is 55.0 Å². The van der Waals surface area contributed by atoms with E-state index in [0.717, 1.165) is 10.7 Å². The first-order valence-electron chi connectivity index (χ1n) is 5.29. The van der Waals surface area contributed by atoms with Crippen molar-refractivity contribution in [2.24, 2.45) is 0 Å². The van der Waals surface area contributed by atoms with Gasteiger partial charge in [-0.2, -0.15) is 0 Å². The maximum Gasteiger partial charge on any atom is 0.0976 e. The Labute approximate surface area is 101 Å². The predicted octanol–water partition coefficient (Wildman–Crippen LogP) is 4.39. The molecule has 3 heteroatoms. The van der Waals surface area contributed by atoms with Gasteiger partial charge in [-0.05, 0) is 19.1 Å². The van der Waals surface area contributed by atoms with E-state index < -0.39 is 0 Å². The highest BCUT2D eigenvalue weighted by atomic mass is 32.2. The molecule has 0 radical (unpaired) electrons. The third-order valence-electron chi connectivity index (χ3n) is 1.63. The molecule has 0 spiro atoms. The van der Waals surface area contributed by atoms with Crippen LogP contribution in [0.25, 0.3) is 0 Å². The van der Waals surface area contributed by atoms with Crippen molar-refractivity contribution >= 4 is 23.5 Å². The molecule has 1 heterocycles. The second kappa shape index (κ2) is 5.80. The van der Waals surface area contributed by atoms with Gasteiger partial charge < -0.3 is 0 Å². The molecule has 1 aromatic rings. The average Bonchev–Trinajstić information content (AvgIpc) is 1.98. The molecule has 0 bridgehead atoms. The molecule has 0 aromatic carbocycles. The van der Waals surface area contributed by atoms with Crippen LogP contribution in [0.3, 0.4) is 0 Å². The molecule has 84 valence electrons. The number of thioether (sulfide) groups is 2. The van der Waals surface area contributed by atoms with E-state index in [1.54, 1.807) is 0 Å². The van der Waals surface area contributed by atoms with E-state index in [2.05, 4.69) is 51.7 Å². The van der Waals surface area contributed by atoms with E-state index >= 15 is 0 Å². The summed E-state index contributed by atoms with van der Waals surface area (Å²) in [5.41, 5.74) is 1.11. The summed E-state index contributed by atoms with van der Waals surface area (Å²) >= 11 is 3.73. The van der Waals surface area contributed by atoms with Crippen molar-refractivity contribution in [3.8, 4) is 0 Å². The Hall–Kier alpha value is -0.150. The van der Waals surface area contributed by atoms with Gasteiger partial charge in [0.25, 0.3) is 0 Å². The third-order valence-corrected chi connectivity index (χ3v) is 3.53. The Balaban J connectivity index is 2.84. The van der Waals surface area contributed by atoms with E-state index in [1.165, 1.54) is 4.90 Å². The second-order valence-corrected chi connectivity index (χ2v) is 7.36. The zero-order valence-corrected chi connectivity index (χ0v) is 11.7. The number of aromatic nitrogens is 1. The van der Waals surface area contributed by atoms with E-state index in [1.807, 2.05) is 23.5 Å². The van der Waals surface area contributed by atoms with E-state index in [4.69, 9.17) is 0 Å². The van der Waals surface area contributed by atoms with Crippen LogP contribution in [-0.2, 0) is 0 Å². The fourth-order valence-corrected chi connectivity index (χ4v) is 3.16. The normalized spacial score (nSPS) is 11.4. The number of hydrogen-bond donors (Lipinski definition) is 0. The first-order valence-corrected chi connectivity index (χ1v) is 7.05. The summed E-state index contributed by atoms with van der Waals surface area (Å²) in [6.45, 7) is 10.9. The minimum absolute atomic E-state index is 0.594. The lowest BCUT2D eigenvalue weighted by molar-refractivity contribution is 1.01. The largest absolute Gasteiger partial charge is 0.247 e. The fraction of sp³-hybridized carbons (Fsp3) is 0.583. The second-order valence-electron chi connectivity index (χ2n) is 4.12. The summed E-state index contributed by atoms with van der Waals surface area (Å²) in [5.74, 6) is 0. The van der Waals surface area contributed by atoms with Crippen LogP contribution in [0.1, 0.15) is 33.4 Å². The van der Waals surface area contributed by atoms with Gasteiger partial charge in [0.15, 0.2) is 0 Å². The Morgan fingerprint density at radius 1 is 1.00 bits per heavy atom. The van der Waals surface area contributed by atoms with E-state index in [-0.39, 0.29) is 0 Å². The van der Waals surface area contributed by atoms with Gasteiger partial charge in [0.2, 0.25) is 0 Å². The molecule has 0 aliphatic carbocycles. The van der Waals surface area contributed by atoms with Gasteiger partial charge in [-0.1, -0.05) is 27.7 Å². The SMILES string of the molecule is Cc1cc(SC(C)C)cc(SC(C)C)n1. The van der Waals surface area contributed by atoms with Crippen molar-refractivity contribution in [3.05, 3.63) is 17.8 Å². The van der Waals surface area contributed by atoms with E-state index in [0.29, 0.717) is 10.5 Å². The molecule has 1 nitrogen and oxygen atoms in total. The third kappa shape index (κ3) is 4.94. The molecule has 0 amide bonds. The lowest BCUT2D eigenvalue weighted by Gasteiger charge is -2.09. The molecule has 0 unspecified atom stereocenters. The summed E-state index contributed by atoms with van der Waals surface area (Å²) in [6, 6.07) is 4.36. The summed E-state index contributed by atoms with van der Waals surface area (Å²) in [5, 5.41) is 2.37. The molecule has 0 saturated carbocycles. The van der Waals surface area contributed by atoms with Crippen LogP contribution >= 0.6 is 23.5 Å². The van der Waals surface area contributed by atoms with E-state index in [9.17, 15) is 0 Å². The van der Waals surface area contributed by atoms with Gasteiger partial charge in [0.05, 0.1) is 5.03 Å². The molecule has 0 saturated heterocycles. The van der Waals surface area contributed by atoms with Gasteiger partial charge in [0, 0.05) is 21.1 Å². The maximum absolute atomic E-state index is 4.53. The highest BCUT2D eigenvalue weighted by Crippen LogP contribution is 2.28. The minimum atomic E-state index is 0.594. The highest BCUT2D eigenvalue weighted by Gasteiger charge is 2.05. The molecule has 0 fully saturated rings. The van der Waals surface area contributed by atoms with Gasteiger partial charge >= 0.3 is 0 Å². The van der Waals surface area contributed by atoms with Crippen molar-refractivity contribution in [3.63, 3.8) is 0 Å². The lowest BCUT2D eigenvalue weighted by Crippen LogP contribution is -1.93. The molecule has 0 aliphatic rings. The Morgan fingerprint density at radius 2 is 1.60 bits per heavy atom. The Kier molecular flexibility index (Phi) is 5.00. The van der Waals surface area contributed by atoms with Crippen LogP contribution in [0.5, 0.6) is 0 Å². The number of pyridine rings is 1. The first kappa shape index (κ1) is 12.9. The van der Waals surface area contributed by atoms with Gasteiger partial charge in [0.1, 0.15) is 0 Å². The van der Waals surface area contributed by atoms with Crippen LogP contribution in [0.15, 0.2) is 22.1 Å². The van der Waals surface area contributed by atoms with Gasteiger partial charge in [-0.25, -0.2) is 4.98 Å². The summed E-state index contributed by atoms with van der Waals surface area (Å²) in [7, 11) is 0. The fourth-order valence-electron chi connectivity index (χ4n) is 1.25. The van der Waals surface area contributed by atoms with Gasteiger partial charge in [-0.15, -0.1) is 23.5 Å². The number of hydrogen-bond acceptors (Lipinski definition) is 3. The molecule has 0 atom stereocenters. The molecule has 1 aromatic heterocycles. The lowest BCUT2D eigenvalue weighted by atomic mass is 10.4.